The van der Waals surface area contributed by atoms with Crippen LogP contribution in [0.2, 0.25) is 0 Å². The number of aliphatic carboxylic acids is 2. The molecule has 0 radical (unpaired) electrons. The predicted octanol–water partition coefficient (Wildman–Crippen LogP) is 14.1. The van der Waals surface area contributed by atoms with Gasteiger partial charge >= 0.3 is 23.9 Å². The maximum Gasteiger partial charge on any atom is 0.353 e. The fraction of sp³-hybridized carbons (Fsp3) is 0.704. The number of rotatable bonds is 29. The molecule has 0 spiro atoms. The van der Waals surface area contributed by atoms with E-state index in [1.165, 1.54) is 116 Å². The number of benzene rings is 2. The number of hydrogen-bond acceptors (Lipinski definition) is 6. The summed E-state index contributed by atoms with van der Waals surface area (Å²) in [6, 6.07) is 13.8. The summed E-state index contributed by atoms with van der Waals surface area (Å²) in [6.07, 6.45) is 29.9. The molecule has 62 heavy (non-hydrogen) atoms. The lowest BCUT2D eigenvalue weighted by Gasteiger charge is -2.43. The topological polar surface area (TPSA) is 127 Å². The van der Waals surface area contributed by atoms with Crippen LogP contribution in [0.15, 0.2) is 48.5 Å². The van der Waals surface area contributed by atoms with E-state index in [4.69, 9.17) is 9.47 Å². The monoisotopic (exact) mass is 859 g/mol. The first-order valence-corrected chi connectivity index (χ1v) is 25.1. The van der Waals surface area contributed by atoms with Gasteiger partial charge in [0, 0.05) is 12.8 Å². The standard InChI is InChI=1S/C54H82O8/c1-5-9-11-17-41-23-27-43(28-24-41)19-13-15-21-45-31-35-47(36-32-45)49(55)61-53(39-7-3,51(57)58)54(40-8-4,52(59)60)62-50(56)48-37-33-46(34-38-48)22-16-14-20-44-29-25-42(26-30-44)18-12-10-6-2/h31-38,41-44H,5-30,39-40H2,1-4H3,(H,57,58)(H,59,60)/t41-,42-,43-,44-,53-,54-/m0/s1. The largest absolute Gasteiger partial charge is 0.478 e. The highest BCUT2D eigenvalue weighted by Crippen LogP contribution is 2.41. The van der Waals surface area contributed by atoms with E-state index in [0.29, 0.717) is 0 Å². The Morgan fingerprint density at radius 1 is 0.452 bits per heavy atom. The number of esters is 2. The summed E-state index contributed by atoms with van der Waals surface area (Å²) in [5.74, 6) is -1.83. The summed E-state index contributed by atoms with van der Waals surface area (Å²) in [5, 5.41) is 21.6. The Kier molecular flexibility index (Phi) is 22.1. The molecule has 4 rings (SSSR count). The minimum Gasteiger partial charge on any atom is -0.478 e. The molecular formula is C54H82O8. The molecular weight excluding hydrogens is 777 g/mol. The molecule has 8 heteroatoms. The second-order valence-electron chi connectivity index (χ2n) is 19.2. The molecule has 0 aromatic heterocycles. The first-order valence-electron chi connectivity index (χ1n) is 25.1. The third kappa shape index (κ3) is 15.0. The van der Waals surface area contributed by atoms with Gasteiger partial charge < -0.3 is 19.7 Å². The van der Waals surface area contributed by atoms with Crippen LogP contribution in [0.1, 0.15) is 226 Å². The van der Waals surface area contributed by atoms with Crippen LogP contribution in [-0.2, 0) is 31.9 Å². The van der Waals surface area contributed by atoms with E-state index in [1.54, 1.807) is 38.1 Å². The number of carboxylic acid groups (broad SMARTS) is 2. The third-order valence-corrected chi connectivity index (χ3v) is 14.5. The molecule has 2 aliphatic rings. The van der Waals surface area contributed by atoms with Gasteiger partial charge in [0.05, 0.1) is 11.1 Å². The van der Waals surface area contributed by atoms with Gasteiger partial charge in [-0.3, -0.25) is 0 Å². The summed E-state index contributed by atoms with van der Waals surface area (Å²) in [7, 11) is 0. The zero-order valence-corrected chi connectivity index (χ0v) is 39.1. The van der Waals surface area contributed by atoms with Crippen molar-refractivity contribution in [1.82, 2.24) is 0 Å². The van der Waals surface area contributed by atoms with Crippen molar-refractivity contribution in [3.8, 4) is 0 Å². The molecule has 2 aromatic rings. The van der Waals surface area contributed by atoms with E-state index >= 15 is 0 Å². The van der Waals surface area contributed by atoms with Crippen LogP contribution < -0.4 is 0 Å². The minimum atomic E-state index is -2.68. The van der Waals surface area contributed by atoms with Crippen molar-refractivity contribution < 1.29 is 38.9 Å². The molecule has 0 heterocycles. The smallest absolute Gasteiger partial charge is 0.353 e. The predicted molar refractivity (Wildman–Crippen MR) is 249 cm³/mol. The van der Waals surface area contributed by atoms with Crippen molar-refractivity contribution in [2.24, 2.45) is 23.7 Å². The van der Waals surface area contributed by atoms with Crippen LogP contribution in [0.3, 0.4) is 0 Å². The fourth-order valence-corrected chi connectivity index (χ4v) is 10.6. The highest BCUT2D eigenvalue weighted by atomic mass is 16.6. The van der Waals surface area contributed by atoms with E-state index in [9.17, 15) is 29.4 Å². The van der Waals surface area contributed by atoms with E-state index in [1.807, 2.05) is 24.3 Å². The van der Waals surface area contributed by atoms with Crippen molar-refractivity contribution in [2.45, 2.75) is 219 Å². The first kappa shape index (κ1) is 51.0. The lowest BCUT2D eigenvalue weighted by atomic mass is 9.75. The lowest BCUT2D eigenvalue weighted by Crippen LogP contribution is -2.67. The average Bonchev–Trinajstić information content (AvgIpc) is 3.27. The number of carbonyl (C=O) groups excluding carboxylic acids is 2. The fourth-order valence-electron chi connectivity index (χ4n) is 10.6. The van der Waals surface area contributed by atoms with E-state index < -0.39 is 35.1 Å². The quantitative estimate of drug-likeness (QED) is 0.0611. The Morgan fingerprint density at radius 2 is 0.742 bits per heavy atom. The average molecular weight is 859 g/mol. The molecule has 0 unspecified atom stereocenters. The summed E-state index contributed by atoms with van der Waals surface area (Å²) in [4.78, 5) is 54.2. The molecule has 2 saturated carbocycles. The number of carboxylic acids is 2. The maximum absolute atomic E-state index is 13.8. The molecule has 2 N–H and O–H groups in total. The number of carbonyl (C=O) groups is 4. The summed E-state index contributed by atoms with van der Waals surface area (Å²) >= 11 is 0. The number of hydrogen-bond donors (Lipinski definition) is 2. The lowest BCUT2D eigenvalue weighted by molar-refractivity contribution is -0.210. The van der Waals surface area contributed by atoms with E-state index in [2.05, 4.69) is 13.8 Å². The Labute approximate surface area is 374 Å². The van der Waals surface area contributed by atoms with Gasteiger partial charge in [0.15, 0.2) is 0 Å². The zero-order chi connectivity index (χ0) is 44.8. The SMILES string of the molecule is CCCCC[C@H]1CC[C@H](CCCCc2ccc(C(=O)O[C@@](CCC)(C(=O)O)[C@@](CCC)(OC(=O)c3ccc(CCCC[C@H]4CC[C@H](CCCCC)CC4)cc3)C(=O)O)cc2)CC1. The van der Waals surface area contributed by atoms with Gasteiger partial charge in [-0.2, -0.15) is 0 Å². The Bertz CT molecular complexity index is 1500. The Balaban J connectivity index is 1.33. The Hall–Kier alpha value is -3.68. The van der Waals surface area contributed by atoms with Crippen molar-refractivity contribution in [3.05, 3.63) is 70.8 Å². The van der Waals surface area contributed by atoms with Crippen molar-refractivity contribution in [2.75, 3.05) is 0 Å². The van der Waals surface area contributed by atoms with Crippen LogP contribution in [0.5, 0.6) is 0 Å². The summed E-state index contributed by atoms with van der Waals surface area (Å²) in [6.45, 7) is 7.89. The molecule has 0 saturated heterocycles. The van der Waals surface area contributed by atoms with Crippen LogP contribution in [0.4, 0.5) is 0 Å². The molecule has 0 bridgehead atoms. The normalized spacial score (nSPS) is 21.0. The molecule has 8 nitrogen and oxygen atoms in total. The highest BCUT2D eigenvalue weighted by Gasteiger charge is 2.67. The van der Waals surface area contributed by atoms with Crippen LogP contribution >= 0.6 is 0 Å². The number of unbranched alkanes of at least 4 members (excludes halogenated alkanes) is 6. The van der Waals surface area contributed by atoms with E-state index in [-0.39, 0.29) is 36.8 Å². The van der Waals surface area contributed by atoms with Gasteiger partial charge in [-0.15, -0.1) is 0 Å². The van der Waals surface area contributed by atoms with Gasteiger partial charge in [0.1, 0.15) is 0 Å². The summed E-state index contributed by atoms with van der Waals surface area (Å²) < 4.78 is 11.7. The van der Waals surface area contributed by atoms with Gasteiger partial charge in [-0.05, 0) is 84.7 Å². The zero-order valence-electron chi connectivity index (χ0n) is 39.1. The third-order valence-electron chi connectivity index (χ3n) is 14.5. The molecule has 2 aliphatic carbocycles. The first-order chi connectivity index (χ1) is 30.0. The molecule has 346 valence electrons. The molecule has 2 atom stereocenters. The van der Waals surface area contributed by atoms with E-state index in [0.717, 1.165) is 73.3 Å². The summed E-state index contributed by atoms with van der Waals surface area (Å²) in [5.41, 5.74) is -3.02. The van der Waals surface area contributed by atoms with Gasteiger partial charge in [0.2, 0.25) is 0 Å². The van der Waals surface area contributed by atoms with Crippen LogP contribution in [0.25, 0.3) is 0 Å². The van der Waals surface area contributed by atoms with Gasteiger partial charge in [-0.1, -0.05) is 193 Å². The molecule has 2 fully saturated rings. The Morgan fingerprint density at radius 3 is 1.00 bits per heavy atom. The second kappa shape index (κ2) is 26.8. The van der Waals surface area contributed by atoms with Crippen molar-refractivity contribution in [3.63, 3.8) is 0 Å². The van der Waals surface area contributed by atoms with Crippen LogP contribution in [0, 0.1) is 23.7 Å². The number of aryl methyl sites for hydroxylation is 2. The highest BCUT2D eigenvalue weighted by molar-refractivity contribution is 5.99. The maximum atomic E-state index is 13.8. The molecule has 0 amide bonds. The van der Waals surface area contributed by atoms with Gasteiger partial charge in [0.25, 0.3) is 11.2 Å². The molecule has 2 aromatic carbocycles. The molecule has 0 aliphatic heterocycles. The van der Waals surface area contributed by atoms with Crippen LogP contribution in [-0.4, -0.2) is 45.3 Å². The van der Waals surface area contributed by atoms with Gasteiger partial charge in [-0.25, -0.2) is 19.2 Å². The second-order valence-corrected chi connectivity index (χ2v) is 19.2. The number of ether oxygens (including phenoxy) is 2. The minimum absolute atomic E-state index is 0.106. The van der Waals surface area contributed by atoms with Crippen molar-refractivity contribution in [1.29, 1.82) is 0 Å². The van der Waals surface area contributed by atoms with Crippen molar-refractivity contribution >= 4 is 23.9 Å².